The van der Waals surface area contributed by atoms with Gasteiger partial charge >= 0.3 is 0 Å². The van der Waals surface area contributed by atoms with E-state index in [4.69, 9.17) is 22.9 Å². The van der Waals surface area contributed by atoms with Crippen LogP contribution in [0.25, 0.3) is 22.0 Å². The Morgan fingerprint density at radius 3 is 1.71 bits per heavy atom. The van der Waals surface area contributed by atoms with Gasteiger partial charge in [0.25, 0.3) is 0 Å². The van der Waals surface area contributed by atoms with Gasteiger partial charge in [0.15, 0.2) is 17.5 Å². The molecular weight excluding hydrogens is 568 g/mol. The average molecular weight is 603 g/mol. The fourth-order valence-electron chi connectivity index (χ4n) is 4.48. The number of piperazine rings is 1. The molecule has 1 aliphatic heterocycles. The Bertz CT molecular complexity index is 1770. The van der Waals surface area contributed by atoms with Gasteiger partial charge in [-0.05, 0) is 36.8 Å². The van der Waals surface area contributed by atoms with Gasteiger partial charge in [0, 0.05) is 54.9 Å². The summed E-state index contributed by atoms with van der Waals surface area (Å²) in [4.78, 5) is 12.9. The van der Waals surface area contributed by atoms with Crippen LogP contribution in [-0.4, -0.2) is 66.7 Å². The van der Waals surface area contributed by atoms with Crippen LogP contribution in [0.5, 0.6) is 0 Å². The fourth-order valence-corrected chi connectivity index (χ4v) is 4.48. The summed E-state index contributed by atoms with van der Waals surface area (Å²) in [5.41, 5.74) is 25.2. The molecule has 1 fully saturated rings. The number of rotatable bonds is 3. The van der Waals surface area contributed by atoms with Gasteiger partial charge in [-0.3, -0.25) is 0 Å². The van der Waals surface area contributed by atoms with Crippen LogP contribution < -0.4 is 32.7 Å². The number of anilines is 6. The molecule has 14 nitrogen and oxygen atoms in total. The molecule has 2 aromatic carbocycles. The maximum Gasteiger partial charge on any atom is 0.225 e. The number of hydrogen-bond acceptors (Lipinski definition) is 14. The molecule has 0 aliphatic carbocycles. The second-order valence-corrected chi connectivity index (χ2v) is 10.0. The van der Waals surface area contributed by atoms with Crippen LogP contribution in [0.4, 0.5) is 35.0 Å². The van der Waals surface area contributed by atoms with E-state index >= 15 is 0 Å². The molecule has 4 aromatic heterocycles. The molecule has 7 rings (SSSR count). The van der Waals surface area contributed by atoms with Gasteiger partial charge in [-0.15, -0.1) is 30.6 Å². The fraction of sp³-hybridized carbons (Fsp3) is 0.161. The molecule has 0 amide bonds. The van der Waals surface area contributed by atoms with Crippen LogP contribution in [0.2, 0.25) is 0 Å². The summed E-state index contributed by atoms with van der Waals surface area (Å²) >= 11 is 0. The minimum atomic E-state index is 0.416. The summed E-state index contributed by atoms with van der Waals surface area (Å²) < 4.78 is 0. The van der Waals surface area contributed by atoms with Crippen LogP contribution in [0.1, 0.15) is 5.56 Å². The van der Waals surface area contributed by atoms with Crippen molar-refractivity contribution in [1.82, 2.24) is 40.6 Å². The third-order valence-corrected chi connectivity index (χ3v) is 6.95. The van der Waals surface area contributed by atoms with E-state index in [-0.39, 0.29) is 0 Å². The first-order chi connectivity index (χ1) is 21.9. The number of nitrogen functional groups attached to an aromatic ring is 4. The number of aryl methyl sites for hydroxylation is 1. The molecule has 6 aromatic rings. The Morgan fingerprint density at radius 2 is 1.13 bits per heavy atom. The highest BCUT2D eigenvalue weighted by atomic mass is 15.3. The van der Waals surface area contributed by atoms with Crippen LogP contribution in [-0.2, 0) is 0 Å². The van der Waals surface area contributed by atoms with Crippen molar-refractivity contribution in [2.24, 2.45) is 0 Å². The zero-order valence-corrected chi connectivity index (χ0v) is 24.8. The van der Waals surface area contributed by atoms with Crippen molar-refractivity contribution in [3.05, 3.63) is 96.8 Å². The number of nitrogens with zero attached hydrogens (tertiary/aromatic N) is 10. The molecule has 1 aliphatic rings. The minimum absolute atomic E-state index is 0.416. The molecule has 1 saturated heterocycles. The van der Waals surface area contributed by atoms with Crippen molar-refractivity contribution in [2.45, 2.75) is 6.92 Å². The first-order valence-corrected chi connectivity index (χ1v) is 14.2. The molecule has 8 N–H and O–H groups in total. The van der Waals surface area contributed by atoms with Gasteiger partial charge in [0.05, 0.1) is 5.69 Å². The molecule has 0 bridgehead atoms. The van der Waals surface area contributed by atoms with Crippen LogP contribution in [0, 0.1) is 6.92 Å². The second kappa shape index (κ2) is 14.3. The number of fused-ring (bicyclic) bond motifs is 1. The van der Waals surface area contributed by atoms with E-state index in [0.717, 1.165) is 65.5 Å². The Hall–Kier alpha value is -6.18. The lowest BCUT2D eigenvalue weighted by molar-refractivity contribution is 0.631. The lowest BCUT2D eigenvalue weighted by atomic mass is 10.1. The minimum Gasteiger partial charge on any atom is -0.382 e. The number of hydrogen-bond donors (Lipinski definition) is 4. The molecule has 5 heterocycles. The van der Waals surface area contributed by atoms with Gasteiger partial charge in [-0.25, -0.2) is 9.97 Å². The maximum absolute atomic E-state index is 5.60. The zero-order chi connectivity index (χ0) is 31.6. The number of benzene rings is 2. The van der Waals surface area contributed by atoms with Crippen LogP contribution >= 0.6 is 0 Å². The van der Waals surface area contributed by atoms with Crippen molar-refractivity contribution in [1.29, 1.82) is 0 Å². The Kier molecular flexibility index (Phi) is 9.64. The third kappa shape index (κ3) is 7.81. The van der Waals surface area contributed by atoms with E-state index in [1.165, 1.54) is 0 Å². The van der Waals surface area contributed by atoms with Crippen molar-refractivity contribution < 1.29 is 0 Å². The first-order valence-electron chi connectivity index (χ1n) is 14.2. The monoisotopic (exact) mass is 602 g/mol. The lowest BCUT2D eigenvalue weighted by Crippen LogP contribution is -2.47. The van der Waals surface area contributed by atoms with Crippen molar-refractivity contribution in [3.8, 4) is 11.3 Å². The Labute approximate surface area is 260 Å². The quantitative estimate of drug-likeness (QED) is 0.229. The van der Waals surface area contributed by atoms with Crippen molar-refractivity contribution in [3.63, 3.8) is 0 Å². The standard InChI is InChI=1S/C12H15N7.C11H11N3.C8H8N4/c13-10-2-3-11(17-16-10)18-6-8-19(9-7-18)12-14-4-1-5-15-12;1-8-7-10(13-14-11(8)12)9-5-3-2-4-6-9;9-7-5-3-1-2-4-6(5)8(10)12-11-7/h1-5H,6-9H2,(H2,13,16);2-7H,1H3,(H2,12,14);1-4H,(H2,9,11)(H2,10,12). The molecule has 0 unspecified atom stereocenters. The van der Waals surface area contributed by atoms with E-state index in [2.05, 4.69) is 50.4 Å². The average Bonchev–Trinajstić information content (AvgIpc) is 3.10. The Morgan fingerprint density at radius 1 is 0.556 bits per heavy atom. The van der Waals surface area contributed by atoms with Gasteiger partial charge in [-0.2, -0.15) is 0 Å². The van der Waals surface area contributed by atoms with Crippen LogP contribution in [0.15, 0.2) is 91.3 Å². The molecule has 45 heavy (non-hydrogen) atoms. The van der Waals surface area contributed by atoms with Crippen molar-refractivity contribution >= 4 is 45.8 Å². The first kappa shape index (κ1) is 30.3. The van der Waals surface area contributed by atoms with Gasteiger partial charge in [0.2, 0.25) is 5.95 Å². The summed E-state index contributed by atoms with van der Waals surface area (Å²) in [5, 5.41) is 25.0. The highest BCUT2D eigenvalue weighted by Crippen LogP contribution is 2.21. The van der Waals surface area contributed by atoms with E-state index < -0.39 is 0 Å². The lowest BCUT2D eigenvalue weighted by Gasteiger charge is -2.35. The molecule has 228 valence electrons. The predicted molar refractivity (Wildman–Crippen MR) is 178 cm³/mol. The zero-order valence-electron chi connectivity index (χ0n) is 24.8. The Balaban J connectivity index is 0.000000138. The summed E-state index contributed by atoms with van der Waals surface area (Å²) in [6.07, 6.45) is 3.53. The predicted octanol–water partition coefficient (Wildman–Crippen LogP) is 3.00. The summed E-state index contributed by atoms with van der Waals surface area (Å²) in [5.74, 6) is 3.41. The highest BCUT2D eigenvalue weighted by molar-refractivity contribution is 5.96. The topological polar surface area (TPSA) is 214 Å². The SMILES string of the molecule is Cc1cc(-c2ccccc2)nnc1N.Nc1ccc(N2CCN(c3ncccn3)CC2)nn1.Nc1nnc(N)c2ccccc12. The highest BCUT2D eigenvalue weighted by Gasteiger charge is 2.19. The third-order valence-electron chi connectivity index (χ3n) is 6.95. The second-order valence-electron chi connectivity index (χ2n) is 10.0. The molecule has 14 heteroatoms. The maximum atomic E-state index is 5.60. The molecule has 0 spiro atoms. The van der Waals surface area contributed by atoms with E-state index in [1.807, 2.05) is 79.7 Å². The summed E-state index contributed by atoms with van der Waals surface area (Å²) in [6, 6.07) is 24.9. The van der Waals surface area contributed by atoms with Gasteiger partial charge in [0.1, 0.15) is 11.6 Å². The normalized spacial score (nSPS) is 12.5. The molecule has 0 radical (unpaired) electrons. The van der Waals surface area contributed by atoms with E-state index in [0.29, 0.717) is 23.3 Å². The largest absolute Gasteiger partial charge is 0.382 e. The van der Waals surface area contributed by atoms with Gasteiger partial charge in [-0.1, -0.05) is 54.6 Å². The molecule has 0 saturated carbocycles. The molecule has 0 atom stereocenters. The molecular formula is C31H34N14. The van der Waals surface area contributed by atoms with E-state index in [1.54, 1.807) is 18.5 Å². The number of nitrogens with two attached hydrogens (primary N) is 4. The van der Waals surface area contributed by atoms with Gasteiger partial charge < -0.3 is 32.7 Å². The smallest absolute Gasteiger partial charge is 0.225 e. The van der Waals surface area contributed by atoms with Crippen LogP contribution in [0.3, 0.4) is 0 Å². The number of aromatic nitrogens is 8. The van der Waals surface area contributed by atoms with Crippen molar-refractivity contribution in [2.75, 3.05) is 58.9 Å². The summed E-state index contributed by atoms with van der Waals surface area (Å²) in [6.45, 7) is 5.41. The van der Waals surface area contributed by atoms with E-state index in [9.17, 15) is 0 Å². The summed E-state index contributed by atoms with van der Waals surface area (Å²) in [7, 11) is 0.